The SMILES string of the molecule is Cc1cc([C@@H](O)[C@H](C)NC(=O)C2=C(Br)CCCC2)cc(C(F)(F)F)c1. The van der Waals surface area contributed by atoms with Crippen molar-refractivity contribution in [3.8, 4) is 0 Å². The van der Waals surface area contributed by atoms with E-state index in [1.807, 2.05) is 0 Å². The van der Waals surface area contributed by atoms with Gasteiger partial charge in [0.15, 0.2) is 0 Å². The molecule has 0 saturated carbocycles. The van der Waals surface area contributed by atoms with Gasteiger partial charge >= 0.3 is 6.18 Å². The van der Waals surface area contributed by atoms with Crippen LogP contribution in [0.1, 0.15) is 55.4 Å². The molecule has 1 aromatic rings. The van der Waals surface area contributed by atoms with Crippen molar-refractivity contribution in [1.29, 1.82) is 0 Å². The molecule has 7 heteroatoms. The Balaban J connectivity index is 2.16. The average Bonchev–Trinajstić information content (AvgIpc) is 2.53. The number of aliphatic hydroxyl groups excluding tert-OH is 1. The van der Waals surface area contributed by atoms with Crippen LogP contribution in [0.5, 0.6) is 0 Å². The Kier molecular flexibility index (Phi) is 6.32. The van der Waals surface area contributed by atoms with E-state index in [9.17, 15) is 23.1 Å². The summed E-state index contributed by atoms with van der Waals surface area (Å²) in [5.41, 5.74) is 0.375. The van der Waals surface area contributed by atoms with E-state index in [4.69, 9.17) is 0 Å². The van der Waals surface area contributed by atoms with E-state index >= 15 is 0 Å². The smallest absolute Gasteiger partial charge is 0.386 e. The molecule has 0 aliphatic heterocycles. The highest BCUT2D eigenvalue weighted by molar-refractivity contribution is 9.11. The van der Waals surface area contributed by atoms with Crippen LogP contribution < -0.4 is 5.32 Å². The van der Waals surface area contributed by atoms with Crippen LogP contribution in [0, 0.1) is 6.92 Å². The molecular formula is C18H21BrF3NO2. The van der Waals surface area contributed by atoms with Crippen molar-refractivity contribution in [3.63, 3.8) is 0 Å². The summed E-state index contributed by atoms with van der Waals surface area (Å²) in [4.78, 5) is 12.4. The zero-order chi connectivity index (χ0) is 18.8. The van der Waals surface area contributed by atoms with Crippen LogP contribution in [-0.2, 0) is 11.0 Å². The third-order valence-electron chi connectivity index (χ3n) is 4.28. The highest BCUT2D eigenvalue weighted by Crippen LogP contribution is 2.33. The second-order valence-electron chi connectivity index (χ2n) is 6.43. The van der Waals surface area contributed by atoms with Gasteiger partial charge in [0.25, 0.3) is 0 Å². The lowest BCUT2D eigenvalue weighted by Crippen LogP contribution is -2.38. The second kappa shape index (κ2) is 7.91. The molecule has 0 saturated heterocycles. The van der Waals surface area contributed by atoms with Crippen molar-refractivity contribution < 1.29 is 23.1 Å². The fraction of sp³-hybridized carbons (Fsp3) is 0.500. The summed E-state index contributed by atoms with van der Waals surface area (Å²) in [6.07, 6.45) is -2.33. The zero-order valence-corrected chi connectivity index (χ0v) is 15.7. The van der Waals surface area contributed by atoms with Crippen LogP contribution >= 0.6 is 15.9 Å². The molecule has 0 bridgehead atoms. The second-order valence-corrected chi connectivity index (χ2v) is 7.38. The lowest BCUT2D eigenvalue weighted by Gasteiger charge is -2.24. The van der Waals surface area contributed by atoms with E-state index in [0.717, 1.165) is 35.9 Å². The number of alkyl halides is 3. The Hall–Kier alpha value is -1.34. The summed E-state index contributed by atoms with van der Waals surface area (Å²) in [7, 11) is 0. The molecule has 138 valence electrons. The maximum absolute atomic E-state index is 12.9. The predicted molar refractivity (Wildman–Crippen MR) is 93.2 cm³/mol. The van der Waals surface area contributed by atoms with Crippen molar-refractivity contribution >= 4 is 21.8 Å². The van der Waals surface area contributed by atoms with Gasteiger partial charge in [-0.3, -0.25) is 4.79 Å². The van der Waals surface area contributed by atoms with Gasteiger partial charge in [-0.2, -0.15) is 13.2 Å². The molecular weight excluding hydrogens is 399 g/mol. The fourth-order valence-electron chi connectivity index (χ4n) is 2.91. The van der Waals surface area contributed by atoms with Gasteiger partial charge in [-0.1, -0.05) is 27.6 Å². The van der Waals surface area contributed by atoms with Crippen LogP contribution in [0.15, 0.2) is 28.3 Å². The number of hydrogen-bond donors (Lipinski definition) is 2. The molecule has 3 nitrogen and oxygen atoms in total. The van der Waals surface area contributed by atoms with Crippen molar-refractivity contribution in [3.05, 3.63) is 44.9 Å². The topological polar surface area (TPSA) is 49.3 Å². The Labute approximate surface area is 153 Å². The van der Waals surface area contributed by atoms with Gasteiger partial charge in [0.2, 0.25) is 5.91 Å². The first-order valence-corrected chi connectivity index (χ1v) is 8.94. The molecule has 1 aliphatic carbocycles. The maximum atomic E-state index is 12.9. The molecule has 0 fully saturated rings. The molecule has 0 heterocycles. The van der Waals surface area contributed by atoms with Gasteiger partial charge in [-0.05, 0) is 57.2 Å². The van der Waals surface area contributed by atoms with E-state index in [1.165, 1.54) is 6.07 Å². The number of nitrogens with one attached hydrogen (secondary N) is 1. The Morgan fingerprint density at radius 3 is 2.48 bits per heavy atom. The number of benzene rings is 1. The first-order valence-electron chi connectivity index (χ1n) is 8.15. The lowest BCUT2D eigenvalue weighted by molar-refractivity contribution is -0.137. The molecule has 0 unspecified atom stereocenters. The van der Waals surface area contributed by atoms with Crippen LogP contribution in [0.25, 0.3) is 0 Å². The average molecular weight is 420 g/mol. The van der Waals surface area contributed by atoms with Gasteiger partial charge in [0.1, 0.15) is 0 Å². The normalized spacial score (nSPS) is 18.0. The van der Waals surface area contributed by atoms with E-state index in [0.29, 0.717) is 17.6 Å². The lowest BCUT2D eigenvalue weighted by atomic mass is 9.96. The molecule has 2 rings (SSSR count). The molecule has 1 amide bonds. The maximum Gasteiger partial charge on any atom is 0.416 e. The van der Waals surface area contributed by atoms with E-state index in [1.54, 1.807) is 13.8 Å². The van der Waals surface area contributed by atoms with Crippen molar-refractivity contribution in [1.82, 2.24) is 5.32 Å². The molecule has 0 radical (unpaired) electrons. The quantitative estimate of drug-likeness (QED) is 0.737. The number of hydrogen-bond acceptors (Lipinski definition) is 2. The highest BCUT2D eigenvalue weighted by atomic mass is 79.9. The van der Waals surface area contributed by atoms with E-state index < -0.39 is 23.9 Å². The van der Waals surface area contributed by atoms with Crippen molar-refractivity contribution in [2.75, 3.05) is 0 Å². The number of allylic oxidation sites excluding steroid dienone is 1. The van der Waals surface area contributed by atoms with E-state index in [2.05, 4.69) is 21.2 Å². The van der Waals surface area contributed by atoms with Crippen LogP contribution in [-0.4, -0.2) is 17.1 Å². The molecule has 2 atom stereocenters. The third kappa shape index (κ3) is 5.07. The number of rotatable bonds is 4. The van der Waals surface area contributed by atoms with Gasteiger partial charge in [-0.15, -0.1) is 0 Å². The monoisotopic (exact) mass is 419 g/mol. The molecule has 0 aromatic heterocycles. The van der Waals surface area contributed by atoms with Crippen molar-refractivity contribution in [2.24, 2.45) is 0 Å². The van der Waals surface area contributed by atoms with Gasteiger partial charge in [-0.25, -0.2) is 0 Å². The largest absolute Gasteiger partial charge is 0.416 e. The van der Waals surface area contributed by atoms with Gasteiger partial charge < -0.3 is 10.4 Å². The number of aliphatic hydroxyl groups is 1. The van der Waals surface area contributed by atoms with Crippen LogP contribution in [0.4, 0.5) is 13.2 Å². The van der Waals surface area contributed by atoms with E-state index in [-0.39, 0.29) is 11.5 Å². The van der Waals surface area contributed by atoms with Crippen LogP contribution in [0.2, 0.25) is 0 Å². The minimum absolute atomic E-state index is 0.136. The Bertz CT molecular complexity index is 685. The zero-order valence-electron chi connectivity index (χ0n) is 14.1. The molecule has 25 heavy (non-hydrogen) atoms. The molecule has 2 N–H and O–H groups in total. The summed E-state index contributed by atoms with van der Waals surface area (Å²) in [5.74, 6) is -0.290. The Morgan fingerprint density at radius 2 is 1.88 bits per heavy atom. The number of aryl methyl sites for hydroxylation is 1. The van der Waals surface area contributed by atoms with Crippen molar-refractivity contribution in [2.45, 2.75) is 57.9 Å². The highest BCUT2D eigenvalue weighted by Gasteiger charge is 2.32. The number of carbonyl (C=O) groups excluding carboxylic acids is 1. The number of amides is 1. The summed E-state index contributed by atoms with van der Waals surface area (Å²) in [5, 5.41) is 13.1. The summed E-state index contributed by atoms with van der Waals surface area (Å²) < 4.78 is 39.7. The van der Waals surface area contributed by atoms with Gasteiger partial charge in [0.05, 0.1) is 17.7 Å². The van der Waals surface area contributed by atoms with Gasteiger partial charge in [0, 0.05) is 10.1 Å². The first kappa shape index (κ1) is 20.0. The third-order valence-corrected chi connectivity index (χ3v) is 5.15. The Morgan fingerprint density at radius 1 is 1.24 bits per heavy atom. The minimum Gasteiger partial charge on any atom is -0.386 e. The molecule has 1 aliphatic rings. The fourth-order valence-corrected chi connectivity index (χ4v) is 3.57. The summed E-state index contributed by atoms with van der Waals surface area (Å²) in [6.45, 7) is 3.12. The predicted octanol–water partition coefficient (Wildman–Crippen LogP) is 4.77. The number of carbonyl (C=O) groups is 1. The standard InChI is InChI=1S/C18H21BrF3NO2/c1-10-7-12(9-13(8-10)18(20,21)22)16(24)11(2)23-17(25)14-5-3-4-6-15(14)19/h7-9,11,16,24H,3-6H2,1-2H3,(H,23,25)/t11-,16-/m0/s1. The minimum atomic E-state index is -4.48. The number of halogens is 4. The molecule has 1 aromatic carbocycles. The first-order chi connectivity index (χ1) is 11.6. The van der Waals surface area contributed by atoms with Crippen LogP contribution in [0.3, 0.4) is 0 Å². The molecule has 0 spiro atoms. The summed E-state index contributed by atoms with van der Waals surface area (Å²) in [6, 6.07) is 2.74. The summed E-state index contributed by atoms with van der Waals surface area (Å²) >= 11 is 3.40.